The lowest BCUT2D eigenvalue weighted by molar-refractivity contribution is -0.166. The Bertz CT molecular complexity index is 1490. The summed E-state index contributed by atoms with van der Waals surface area (Å²) in [6, 6.07) is 0. The largest absolute Gasteiger partial charge is 0.462 e. The molecule has 1 atom stereocenters. The lowest BCUT2D eigenvalue weighted by Crippen LogP contribution is -2.30. The van der Waals surface area contributed by atoms with Crippen molar-refractivity contribution >= 4 is 17.9 Å². The second kappa shape index (κ2) is 60.6. The third kappa shape index (κ3) is 58.8. The lowest BCUT2D eigenvalue weighted by atomic mass is 10.0. The Morgan fingerprint density at radius 1 is 0.288 bits per heavy atom. The molecule has 0 saturated heterocycles. The van der Waals surface area contributed by atoms with Gasteiger partial charge in [0.2, 0.25) is 0 Å². The Morgan fingerprint density at radius 2 is 0.562 bits per heavy atom. The summed E-state index contributed by atoms with van der Waals surface area (Å²) >= 11 is 0. The average molecular weight is 1010 g/mol. The normalized spacial score (nSPS) is 12.9. The van der Waals surface area contributed by atoms with Crippen molar-refractivity contribution in [3.63, 3.8) is 0 Å². The number of esters is 3. The SMILES string of the molecule is CC/C=C\C/C=C\C/C=C\C/C=C\C/C=C\C/C=C\CCC(=O)OC(COC(=O)CCCCCCC)COC(=O)CCCCCCCCCCCCCCCCCC/C=C\C/C=C\C/C=C\CCCCCCC. The zero-order valence-electron chi connectivity index (χ0n) is 47.6. The van der Waals surface area contributed by atoms with Crippen molar-refractivity contribution < 1.29 is 28.6 Å². The van der Waals surface area contributed by atoms with Gasteiger partial charge < -0.3 is 14.2 Å². The molecule has 0 rings (SSSR count). The van der Waals surface area contributed by atoms with Crippen LogP contribution >= 0.6 is 0 Å². The molecule has 0 aromatic carbocycles. The highest BCUT2D eigenvalue weighted by atomic mass is 16.6. The minimum atomic E-state index is -0.815. The molecule has 0 amide bonds. The number of carbonyl (C=O) groups excluding carboxylic acids is 3. The van der Waals surface area contributed by atoms with Crippen molar-refractivity contribution in [2.24, 2.45) is 0 Å². The standard InChI is InChI=1S/C67H112O6/c1-4-7-10-13-15-17-19-21-23-25-27-28-29-30-31-32-33-34-35-36-37-38-40-41-43-45-47-49-51-54-57-60-66(69)72-63-64(62-71-65(68)59-56-53-12-9-6-3)73-67(70)61-58-55-52-50-48-46-44-42-39-26-24-22-20-18-16-14-11-8-5-2/h8,11,16,18-19,21-22,24-25,27,29-30,39,42,46,48,52,55,64H,4-7,9-10,12-15,17,20,23,26,28,31-38,40-41,43-45,47,49-51,53-54,56-63H2,1-3H3/b11-8-,18-16-,21-19-,24-22-,27-25-,30-29-,42-39-,48-46-,55-52-. The van der Waals surface area contributed by atoms with E-state index in [0.717, 1.165) is 103 Å². The van der Waals surface area contributed by atoms with E-state index in [4.69, 9.17) is 14.2 Å². The van der Waals surface area contributed by atoms with Gasteiger partial charge in [-0.05, 0) is 96.3 Å². The van der Waals surface area contributed by atoms with Crippen LogP contribution in [-0.2, 0) is 28.6 Å². The van der Waals surface area contributed by atoms with E-state index in [1.807, 2.05) is 12.2 Å². The Morgan fingerprint density at radius 3 is 0.890 bits per heavy atom. The van der Waals surface area contributed by atoms with Crippen molar-refractivity contribution in [3.05, 3.63) is 109 Å². The van der Waals surface area contributed by atoms with Crippen LogP contribution in [0.1, 0.15) is 278 Å². The van der Waals surface area contributed by atoms with Crippen LogP contribution in [0.2, 0.25) is 0 Å². The van der Waals surface area contributed by atoms with Crippen molar-refractivity contribution in [2.75, 3.05) is 13.2 Å². The van der Waals surface area contributed by atoms with E-state index in [-0.39, 0.29) is 31.6 Å². The predicted molar refractivity (Wildman–Crippen MR) is 316 cm³/mol. The molecule has 0 aliphatic rings. The molecule has 6 heteroatoms. The summed E-state index contributed by atoms with van der Waals surface area (Å²) in [6.45, 7) is 6.37. The quantitative estimate of drug-likeness (QED) is 0.0261. The van der Waals surface area contributed by atoms with Crippen molar-refractivity contribution in [2.45, 2.75) is 284 Å². The topological polar surface area (TPSA) is 78.9 Å². The summed E-state index contributed by atoms with van der Waals surface area (Å²) in [5.74, 6) is -1.01. The van der Waals surface area contributed by atoms with E-state index in [9.17, 15) is 14.4 Å². The molecular formula is C67H112O6. The summed E-state index contributed by atoms with van der Waals surface area (Å²) in [5, 5.41) is 0. The molecule has 0 aromatic rings. The monoisotopic (exact) mass is 1010 g/mol. The van der Waals surface area contributed by atoms with E-state index in [2.05, 4.69) is 118 Å². The van der Waals surface area contributed by atoms with E-state index in [1.165, 1.54) is 128 Å². The molecule has 0 heterocycles. The second-order valence-electron chi connectivity index (χ2n) is 19.9. The van der Waals surface area contributed by atoms with Crippen molar-refractivity contribution in [3.8, 4) is 0 Å². The fourth-order valence-electron chi connectivity index (χ4n) is 8.24. The number of rotatable bonds is 54. The number of hydrogen-bond donors (Lipinski definition) is 0. The summed E-state index contributed by atoms with van der Waals surface area (Å²) in [6.07, 6.45) is 83.0. The molecular weight excluding hydrogens is 901 g/mol. The van der Waals surface area contributed by atoms with Crippen LogP contribution < -0.4 is 0 Å². The molecule has 0 N–H and O–H groups in total. The van der Waals surface area contributed by atoms with Crippen LogP contribution in [0.15, 0.2) is 109 Å². The number of carbonyl (C=O) groups is 3. The van der Waals surface area contributed by atoms with E-state index in [1.54, 1.807) is 0 Å². The van der Waals surface area contributed by atoms with Gasteiger partial charge in [0.1, 0.15) is 13.2 Å². The maximum Gasteiger partial charge on any atom is 0.306 e. The van der Waals surface area contributed by atoms with Gasteiger partial charge in [-0.2, -0.15) is 0 Å². The highest BCUT2D eigenvalue weighted by Gasteiger charge is 2.19. The van der Waals surface area contributed by atoms with Crippen LogP contribution in [0.5, 0.6) is 0 Å². The summed E-state index contributed by atoms with van der Waals surface area (Å²) in [5.41, 5.74) is 0. The molecule has 0 fully saturated rings. The third-order valence-corrected chi connectivity index (χ3v) is 12.8. The molecule has 0 aromatic heterocycles. The van der Waals surface area contributed by atoms with Gasteiger partial charge in [-0.1, -0.05) is 271 Å². The van der Waals surface area contributed by atoms with Gasteiger partial charge in [-0.15, -0.1) is 0 Å². The van der Waals surface area contributed by atoms with Crippen LogP contribution in [0.25, 0.3) is 0 Å². The maximum absolute atomic E-state index is 12.7. The second-order valence-corrected chi connectivity index (χ2v) is 19.9. The Balaban J connectivity index is 4.08. The number of hydrogen-bond acceptors (Lipinski definition) is 6. The van der Waals surface area contributed by atoms with E-state index < -0.39 is 12.1 Å². The van der Waals surface area contributed by atoms with Crippen LogP contribution in [0.4, 0.5) is 0 Å². The molecule has 6 nitrogen and oxygen atoms in total. The number of ether oxygens (including phenoxy) is 3. The lowest BCUT2D eigenvalue weighted by Gasteiger charge is -2.18. The first-order chi connectivity index (χ1) is 36.0. The molecule has 0 radical (unpaired) electrons. The fourth-order valence-corrected chi connectivity index (χ4v) is 8.24. The molecule has 0 saturated carbocycles. The highest BCUT2D eigenvalue weighted by molar-refractivity contribution is 5.71. The Kier molecular flexibility index (Phi) is 57.4. The van der Waals surface area contributed by atoms with E-state index >= 15 is 0 Å². The zero-order chi connectivity index (χ0) is 52.9. The molecule has 0 aliphatic carbocycles. The molecule has 73 heavy (non-hydrogen) atoms. The summed E-state index contributed by atoms with van der Waals surface area (Å²) in [7, 11) is 0. The molecule has 0 aliphatic heterocycles. The third-order valence-electron chi connectivity index (χ3n) is 12.8. The molecule has 0 spiro atoms. The van der Waals surface area contributed by atoms with Crippen LogP contribution in [0, 0.1) is 0 Å². The first-order valence-corrected chi connectivity index (χ1v) is 30.4. The average Bonchev–Trinajstić information content (AvgIpc) is 3.39. The summed E-state index contributed by atoms with van der Waals surface area (Å²) < 4.78 is 16.6. The highest BCUT2D eigenvalue weighted by Crippen LogP contribution is 2.16. The number of allylic oxidation sites excluding steroid dienone is 18. The van der Waals surface area contributed by atoms with Gasteiger partial charge in [0.15, 0.2) is 6.10 Å². The molecule has 416 valence electrons. The smallest absolute Gasteiger partial charge is 0.306 e. The Labute approximate surface area is 450 Å². The molecule has 0 bridgehead atoms. The first kappa shape index (κ1) is 69.1. The number of unbranched alkanes of at least 4 members (excludes halogenated alkanes) is 25. The molecule has 1 unspecified atom stereocenters. The minimum Gasteiger partial charge on any atom is -0.462 e. The minimum absolute atomic E-state index is 0.108. The van der Waals surface area contributed by atoms with Crippen molar-refractivity contribution in [1.82, 2.24) is 0 Å². The van der Waals surface area contributed by atoms with Gasteiger partial charge in [-0.25, -0.2) is 0 Å². The zero-order valence-corrected chi connectivity index (χ0v) is 47.6. The van der Waals surface area contributed by atoms with Crippen LogP contribution in [0.3, 0.4) is 0 Å². The maximum atomic E-state index is 12.7. The first-order valence-electron chi connectivity index (χ1n) is 30.4. The fraction of sp³-hybridized carbons (Fsp3) is 0.687. The Hall–Kier alpha value is -3.93. The van der Waals surface area contributed by atoms with Crippen LogP contribution in [-0.4, -0.2) is 37.2 Å². The van der Waals surface area contributed by atoms with E-state index in [0.29, 0.717) is 19.3 Å². The summed E-state index contributed by atoms with van der Waals surface area (Å²) in [4.78, 5) is 37.8. The van der Waals surface area contributed by atoms with Gasteiger partial charge >= 0.3 is 17.9 Å². The van der Waals surface area contributed by atoms with Crippen molar-refractivity contribution in [1.29, 1.82) is 0 Å². The predicted octanol–water partition coefficient (Wildman–Crippen LogP) is 20.7. The van der Waals surface area contributed by atoms with Gasteiger partial charge in [0.05, 0.1) is 0 Å². The van der Waals surface area contributed by atoms with Gasteiger partial charge in [0, 0.05) is 19.3 Å². The van der Waals surface area contributed by atoms with Gasteiger partial charge in [0.25, 0.3) is 0 Å². The van der Waals surface area contributed by atoms with Gasteiger partial charge in [-0.3, -0.25) is 14.4 Å².